The number of benzene rings is 1. The summed E-state index contributed by atoms with van der Waals surface area (Å²) in [6, 6.07) is 6.19. The second-order valence-electron chi connectivity index (χ2n) is 11.7. The van der Waals surface area contributed by atoms with Gasteiger partial charge in [0.2, 0.25) is 0 Å². The fourth-order valence-electron chi connectivity index (χ4n) is 7.05. The predicted octanol–water partition coefficient (Wildman–Crippen LogP) is 2.35. The van der Waals surface area contributed by atoms with Crippen LogP contribution in [0.25, 0.3) is 5.70 Å². The zero-order valence-corrected chi connectivity index (χ0v) is 22.6. The molecule has 3 aliphatic carbocycles. The largest absolute Gasteiger partial charge is 0.497 e. The van der Waals surface area contributed by atoms with Crippen molar-refractivity contribution in [2.45, 2.75) is 58.8 Å². The number of hydrazine groups is 1. The Morgan fingerprint density at radius 1 is 1.22 bits per heavy atom. The van der Waals surface area contributed by atoms with Crippen LogP contribution in [0.4, 0.5) is 0 Å². The molecule has 1 saturated carbocycles. The number of nitrogens with two attached hydrogens (primary N) is 2. The van der Waals surface area contributed by atoms with Crippen molar-refractivity contribution in [1.29, 1.82) is 0 Å². The molecule has 0 aliphatic heterocycles. The fraction of sp³-hybridized carbons (Fsp3) is 0.552. The van der Waals surface area contributed by atoms with E-state index in [0.717, 1.165) is 0 Å². The minimum atomic E-state index is -2.03. The first kappa shape index (κ1) is 27.4. The van der Waals surface area contributed by atoms with Crippen molar-refractivity contribution in [3.8, 4) is 5.75 Å². The number of allylic oxidation sites excluding steroid dienone is 1. The maximum atomic E-state index is 14.5. The topological polar surface area (TPSA) is 142 Å². The first-order valence-corrected chi connectivity index (χ1v) is 12.9. The van der Waals surface area contributed by atoms with Crippen molar-refractivity contribution in [3.63, 3.8) is 0 Å². The van der Waals surface area contributed by atoms with Crippen molar-refractivity contribution >= 4 is 11.5 Å². The van der Waals surface area contributed by atoms with Crippen LogP contribution in [-0.4, -0.2) is 57.6 Å². The summed E-state index contributed by atoms with van der Waals surface area (Å²) in [6.07, 6.45) is 4.18. The van der Waals surface area contributed by atoms with Crippen molar-refractivity contribution in [2.75, 3.05) is 13.7 Å². The van der Waals surface area contributed by atoms with E-state index in [1.807, 2.05) is 33.8 Å². The van der Waals surface area contributed by atoms with Crippen LogP contribution in [0.5, 0.6) is 5.75 Å². The molecule has 0 aromatic heterocycles. The highest BCUT2D eigenvalue weighted by molar-refractivity contribution is 5.95. The van der Waals surface area contributed by atoms with Gasteiger partial charge in [0.15, 0.2) is 5.78 Å². The Morgan fingerprint density at radius 3 is 2.41 bits per heavy atom. The summed E-state index contributed by atoms with van der Waals surface area (Å²) >= 11 is 0. The van der Waals surface area contributed by atoms with Crippen molar-refractivity contribution < 1.29 is 24.9 Å². The van der Waals surface area contributed by atoms with Gasteiger partial charge in [0, 0.05) is 12.1 Å². The van der Waals surface area contributed by atoms with Crippen LogP contribution in [-0.2, 0) is 4.79 Å². The number of aliphatic hydroxyl groups is 3. The van der Waals surface area contributed by atoms with Gasteiger partial charge in [0.05, 0.1) is 30.9 Å². The summed E-state index contributed by atoms with van der Waals surface area (Å²) in [4.78, 5) is 14.5. The Bertz CT molecular complexity index is 1160. The second kappa shape index (κ2) is 9.27. The molecule has 0 heterocycles. The Balaban J connectivity index is 1.87. The van der Waals surface area contributed by atoms with Crippen molar-refractivity contribution in [2.24, 2.45) is 40.2 Å². The van der Waals surface area contributed by atoms with E-state index in [1.165, 1.54) is 11.2 Å². The molecule has 0 amide bonds. The Morgan fingerprint density at radius 2 is 1.84 bits per heavy atom. The Hall–Kier alpha value is -2.65. The summed E-state index contributed by atoms with van der Waals surface area (Å²) in [5.41, 5.74) is 4.44. The van der Waals surface area contributed by atoms with Crippen LogP contribution in [0.2, 0.25) is 0 Å². The van der Waals surface area contributed by atoms with E-state index in [4.69, 9.17) is 16.3 Å². The molecule has 37 heavy (non-hydrogen) atoms. The zero-order valence-electron chi connectivity index (χ0n) is 22.6. The number of ketones is 1. The third kappa shape index (κ3) is 3.76. The molecule has 4 rings (SSSR count). The van der Waals surface area contributed by atoms with Gasteiger partial charge >= 0.3 is 0 Å². The van der Waals surface area contributed by atoms with Crippen LogP contribution < -0.4 is 16.3 Å². The third-order valence-corrected chi connectivity index (χ3v) is 9.55. The molecule has 1 aromatic rings. The van der Waals surface area contributed by atoms with E-state index in [2.05, 4.69) is 6.92 Å². The molecule has 6 unspecified atom stereocenters. The monoisotopic (exact) mass is 511 g/mol. The average molecular weight is 512 g/mol. The maximum absolute atomic E-state index is 14.5. The van der Waals surface area contributed by atoms with Gasteiger partial charge in [-0.2, -0.15) is 0 Å². The predicted molar refractivity (Wildman–Crippen MR) is 143 cm³/mol. The van der Waals surface area contributed by atoms with Gasteiger partial charge < -0.3 is 30.8 Å². The van der Waals surface area contributed by atoms with Crippen LogP contribution in [0.15, 0.2) is 53.8 Å². The van der Waals surface area contributed by atoms with Gasteiger partial charge in [-0.05, 0) is 71.6 Å². The number of hydrogen-bond acceptors (Lipinski definition) is 8. The molecular formula is C29H41N3O5. The number of aliphatic hydroxyl groups excluding tert-OH is 2. The minimum Gasteiger partial charge on any atom is -0.497 e. The van der Waals surface area contributed by atoms with Crippen LogP contribution in [0, 0.1) is 28.6 Å². The van der Waals surface area contributed by atoms with Crippen molar-refractivity contribution in [1.82, 2.24) is 5.01 Å². The van der Waals surface area contributed by atoms with E-state index in [0.29, 0.717) is 29.0 Å². The lowest BCUT2D eigenvalue weighted by atomic mass is 9.59. The lowest BCUT2D eigenvalue weighted by Crippen LogP contribution is -2.68. The van der Waals surface area contributed by atoms with Crippen LogP contribution in [0.1, 0.15) is 46.6 Å². The summed E-state index contributed by atoms with van der Waals surface area (Å²) in [7, 11) is 1.58. The molecule has 2 bridgehead atoms. The molecule has 1 spiro atoms. The fourth-order valence-corrected chi connectivity index (χ4v) is 7.05. The van der Waals surface area contributed by atoms with Crippen LogP contribution in [0.3, 0.4) is 0 Å². The quantitative estimate of drug-likeness (QED) is 0.230. The van der Waals surface area contributed by atoms with E-state index in [1.54, 1.807) is 37.5 Å². The third-order valence-electron chi connectivity index (χ3n) is 9.55. The number of Topliss-reactive ketones (excluding diaryl/α,β-unsaturated/α-hetero) is 1. The number of carbonyl (C=O) groups excluding carboxylic acids is 1. The molecule has 3 aliphatic rings. The number of methoxy groups -OCH3 is 1. The number of fused-ring (bicyclic) bond motifs is 1. The summed E-state index contributed by atoms with van der Waals surface area (Å²) < 4.78 is 5.21. The number of nitrogens with zero attached hydrogens (tertiary/aromatic N) is 1. The SMILES string of the molecule is COc1ccc(/C(N)=C/N(N)C2C(C)=CC34C(=O)C(C=C(CO)C(O)C23O)C(C)(C)C(C)C[C@H]4C)cc1. The minimum absolute atomic E-state index is 0.151. The van der Waals surface area contributed by atoms with Gasteiger partial charge in [0.25, 0.3) is 0 Å². The number of carbonyl (C=O) groups is 1. The van der Waals surface area contributed by atoms with E-state index in [-0.39, 0.29) is 23.2 Å². The lowest BCUT2D eigenvalue weighted by Gasteiger charge is -2.50. The highest BCUT2D eigenvalue weighted by Gasteiger charge is 2.72. The standard InChI is InChI=1S/C29H41N3O5/c1-16-13-28-18(3)11-17(2)27(4,5)22(26(28)35)12-20(15-33)25(34)29(28,36)24(16)32(31)14-23(30)19-7-9-21(37-6)10-8-19/h7-10,12-14,17-18,22,24-25,33-34,36H,11,15,30-31H2,1-6H3/b23-14-/t17?,18-,22?,24?,25?,28?,29?/m1/s1. The van der Waals surface area contributed by atoms with E-state index in [9.17, 15) is 20.1 Å². The van der Waals surface area contributed by atoms with Gasteiger partial charge in [-0.15, -0.1) is 0 Å². The number of hydrogen-bond donors (Lipinski definition) is 5. The summed E-state index contributed by atoms with van der Waals surface area (Å²) in [5, 5.41) is 35.9. The molecule has 1 fully saturated rings. The van der Waals surface area contributed by atoms with Gasteiger partial charge in [-0.1, -0.05) is 39.8 Å². The molecule has 202 valence electrons. The average Bonchev–Trinajstić information content (AvgIpc) is 3.05. The highest BCUT2D eigenvalue weighted by atomic mass is 16.5. The molecule has 7 atom stereocenters. The first-order chi connectivity index (χ1) is 17.3. The molecule has 0 saturated heterocycles. The molecule has 1 aromatic carbocycles. The molecule has 0 radical (unpaired) electrons. The highest BCUT2D eigenvalue weighted by Crippen LogP contribution is 2.62. The molecular weight excluding hydrogens is 470 g/mol. The van der Waals surface area contributed by atoms with E-state index >= 15 is 0 Å². The van der Waals surface area contributed by atoms with Gasteiger partial charge in [0.1, 0.15) is 17.5 Å². The zero-order chi connectivity index (χ0) is 27.5. The lowest BCUT2D eigenvalue weighted by molar-refractivity contribution is -0.177. The van der Waals surface area contributed by atoms with Gasteiger partial charge in [-0.25, -0.2) is 5.84 Å². The van der Waals surface area contributed by atoms with E-state index < -0.39 is 41.1 Å². The summed E-state index contributed by atoms with van der Waals surface area (Å²) in [6.45, 7) is 9.50. The molecule has 7 N–H and O–H groups in total. The second-order valence-corrected chi connectivity index (χ2v) is 11.7. The number of rotatable bonds is 5. The summed E-state index contributed by atoms with van der Waals surface area (Å²) in [5.74, 6) is 6.38. The first-order valence-electron chi connectivity index (χ1n) is 12.9. The van der Waals surface area contributed by atoms with Crippen LogP contribution >= 0.6 is 0 Å². The Labute approximate surface area is 219 Å². The number of ether oxygens (including phenoxy) is 1. The Kier molecular flexibility index (Phi) is 6.86. The van der Waals surface area contributed by atoms with Gasteiger partial charge in [-0.3, -0.25) is 4.79 Å². The maximum Gasteiger partial charge on any atom is 0.153 e. The smallest absolute Gasteiger partial charge is 0.153 e. The molecule has 8 nitrogen and oxygen atoms in total. The normalized spacial score (nSPS) is 37.2. The van der Waals surface area contributed by atoms with Crippen molar-refractivity contribution in [3.05, 3.63) is 59.3 Å². The molecule has 8 heteroatoms.